The smallest absolute Gasteiger partial charge is 0.344 e. The third-order valence-corrected chi connectivity index (χ3v) is 2.99. The van der Waals surface area contributed by atoms with E-state index in [0.29, 0.717) is 16.7 Å². The van der Waals surface area contributed by atoms with E-state index in [2.05, 4.69) is 19.8 Å². The lowest BCUT2D eigenvalue weighted by Gasteiger charge is -2.04. The van der Waals surface area contributed by atoms with Crippen molar-refractivity contribution < 1.29 is 14.1 Å². The summed E-state index contributed by atoms with van der Waals surface area (Å²) in [5.74, 6) is 0.608. The molecule has 102 valence electrons. The summed E-state index contributed by atoms with van der Waals surface area (Å²) in [7, 11) is 0. The maximum Gasteiger partial charge on any atom is 0.344 e. The standard InChI is InChI=1S/C10H13N5O3S/c1-3-17-10(16)7-8(11)15-19-9(7)12-4-6-13-5(2)14-18-6/h12H,3-4H2,1-2H3,(H2,11,15). The second kappa shape index (κ2) is 5.65. The van der Waals surface area contributed by atoms with Crippen molar-refractivity contribution in [2.75, 3.05) is 17.7 Å². The molecule has 0 bridgehead atoms. The Morgan fingerprint density at radius 1 is 1.58 bits per heavy atom. The Balaban J connectivity index is 2.10. The van der Waals surface area contributed by atoms with Crippen LogP contribution < -0.4 is 11.1 Å². The second-order valence-corrected chi connectivity index (χ2v) is 4.35. The molecule has 0 aliphatic carbocycles. The topological polar surface area (TPSA) is 116 Å². The predicted octanol–water partition coefficient (Wildman–Crippen LogP) is 1.21. The van der Waals surface area contributed by atoms with Gasteiger partial charge >= 0.3 is 5.97 Å². The van der Waals surface area contributed by atoms with Crippen molar-refractivity contribution in [2.45, 2.75) is 20.4 Å². The lowest BCUT2D eigenvalue weighted by Crippen LogP contribution is -2.10. The van der Waals surface area contributed by atoms with Crippen LogP contribution in [0, 0.1) is 6.92 Å². The molecule has 2 rings (SSSR count). The quantitative estimate of drug-likeness (QED) is 0.786. The molecule has 0 spiro atoms. The van der Waals surface area contributed by atoms with Crippen LogP contribution >= 0.6 is 11.5 Å². The summed E-state index contributed by atoms with van der Waals surface area (Å²) in [5.41, 5.74) is 5.89. The molecule has 0 saturated heterocycles. The summed E-state index contributed by atoms with van der Waals surface area (Å²) < 4.78 is 13.8. The highest BCUT2D eigenvalue weighted by atomic mass is 32.1. The summed E-state index contributed by atoms with van der Waals surface area (Å²) in [5, 5.41) is 7.17. The van der Waals surface area contributed by atoms with Crippen molar-refractivity contribution >= 4 is 28.3 Å². The molecule has 0 radical (unpaired) electrons. The average Bonchev–Trinajstić information content (AvgIpc) is 2.93. The fourth-order valence-corrected chi connectivity index (χ4v) is 2.09. The molecular weight excluding hydrogens is 270 g/mol. The number of hydrogen-bond donors (Lipinski definition) is 2. The van der Waals surface area contributed by atoms with Crippen molar-refractivity contribution in [3.05, 3.63) is 17.3 Å². The van der Waals surface area contributed by atoms with E-state index in [9.17, 15) is 4.79 Å². The van der Waals surface area contributed by atoms with Gasteiger partial charge in [0.05, 0.1) is 13.2 Å². The van der Waals surface area contributed by atoms with E-state index in [-0.39, 0.29) is 24.5 Å². The molecule has 19 heavy (non-hydrogen) atoms. The zero-order valence-electron chi connectivity index (χ0n) is 10.5. The first-order chi connectivity index (χ1) is 9.11. The van der Waals surface area contributed by atoms with Crippen LogP contribution in [0.4, 0.5) is 10.8 Å². The van der Waals surface area contributed by atoms with Gasteiger partial charge in [-0.25, -0.2) is 4.79 Å². The third-order valence-electron chi connectivity index (χ3n) is 2.17. The summed E-state index contributed by atoms with van der Waals surface area (Å²) in [4.78, 5) is 15.8. The molecule has 0 atom stereocenters. The number of carbonyl (C=O) groups is 1. The largest absolute Gasteiger partial charge is 0.462 e. The molecule has 0 saturated carbocycles. The minimum Gasteiger partial charge on any atom is -0.462 e. The molecule has 0 aromatic carbocycles. The number of esters is 1. The van der Waals surface area contributed by atoms with Gasteiger partial charge in [0.1, 0.15) is 10.6 Å². The van der Waals surface area contributed by atoms with E-state index in [1.165, 1.54) is 0 Å². The molecule has 0 unspecified atom stereocenters. The number of nitrogens with zero attached hydrogens (tertiary/aromatic N) is 3. The number of nitrogen functional groups attached to an aromatic ring is 1. The van der Waals surface area contributed by atoms with Gasteiger partial charge in [0, 0.05) is 0 Å². The van der Waals surface area contributed by atoms with E-state index in [1.807, 2.05) is 0 Å². The van der Waals surface area contributed by atoms with Crippen molar-refractivity contribution in [3.8, 4) is 0 Å². The molecule has 3 N–H and O–H groups in total. The lowest BCUT2D eigenvalue weighted by molar-refractivity contribution is 0.0529. The fraction of sp³-hybridized carbons (Fsp3) is 0.400. The van der Waals surface area contributed by atoms with Crippen LogP contribution in [0.5, 0.6) is 0 Å². The van der Waals surface area contributed by atoms with Gasteiger partial charge in [-0.1, -0.05) is 5.16 Å². The maximum absolute atomic E-state index is 11.7. The minimum absolute atomic E-state index is 0.146. The highest BCUT2D eigenvalue weighted by Crippen LogP contribution is 2.27. The summed E-state index contributed by atoms with van der Waals surface area (Å²) in [6.07, 6.45) is 0. The first kappa shape index (κ1) is 13.3. The Morgan fingerprint density at radius 2 is 2.37 bits per heavy atom. The fourth-order valence-electron chi connectivity index (χ4n) is 1.39. The molecule has 2 aromatic heterocycles. The number of nitrogens with one attached hydrogen (secondary N) is 1. The number of carbonyl (C=O) groups excluding carboxylic acids is 1. The molecule has 9 heteroatoms. The number of nitrogens with two attached hydrogens (primary N) is 1. The van der Waals surface area contributed by atoms with Gasteiger partial charge in [-0.3, -0.25) is 0 Å². The minimum atomic E-state index is -0.502. The van der Waals surface area contributed by atoms with Crippen LogP contribution in [0.2, 0.25) is 0 Å². The van der Waals surface area contributed by atoms with Crippen LogP contribution in [0.3, 0.4) is 0 Å². The number of ether oxygens (including phenoxy) is 1. The lowest BCUT2D eigenvalue weighted by atomic mass is 10.3. The zero-order chi connectivity index (χ0) is 13.8. The summed E-state index contributed by atoms with van der Waals surface area (Å²) in [6.45, 7) is 4.01. The number of rotatable bonds is 5. The highest BCUT2D eigenvalue weighted by molar-refractivity contribution is 7.11. The van der Waals surface area contributed by atoms with Crippen LogP contribution in [0.1, 0.15) is 29.0 Å². The molecule has 2 aromatic rings. The van der Waals surface area contributed by atoms with Gasteiger partial charge in [-0.2, -0.15) is 9.36 Å². The van der Waals surface area contributed by atoms with Crippen LogP contribution in [0.25, 0.3) is 0 Å². The van der Waals surface area contributed by atoms with Crippen LogP contribution in [-0.2, 0) is 11.3 Å². The number of anilines is 2. The first-order valence-electron chi connectivity index (χ1n) is 5.57. The van der Waals surface area contributed by atoms with Gasteiger partial charge < -0.3 is 20.3 Å². The maximum atomic E-state index is 11.7. The average molecular weight is 283 g/mol. The number of aromatic nitrogens is 3. The van der Waals surface area contributed by atoms with Gasteiger partial charge in [-0.15, -0.1) is 0 Å². The van der Waals surface area contributed by atoms with Crippen molar-refractivity contribution in [3.63, 3.8) is 0 Å². The Labute approximate surface area is 113 Å². The van der Waals surface area contributed by atoms with E-state index < -0.39 is 5.97 Å². The van der Waals surface area contributed by atoms with Crippen molar-refractivity contribution in [1.29, 1.82) is 0 Å². The van der Waals surface area contributed by atoms with Crippen LogP contribution in [-0.4, -0.2) is 27.1 Å². The Morgan fingerprint density at radius 3 is 3.00 bits per heavy atom. The Kier molecular flexibility index (Phi) is 3.95. The molecule has 0 amide bonds. The molecule has 8 nitrogen and oxygen atoms in total. The zero-order valence-corrected chi connectivity index (χ0v) is 11.3. The molecule has 0 fully saturated rings. The van der Waals surface area contributed by atoms with E-state index in [0.717, 1.165) is 11.5 Å². The Bertz CT molecular complexity index is 579. The van der Waals surface area contributed by atoms with Gasteiger partial charge in [0.2, 0.25) is 5.89 Å². The second-order valence-electron chi connectivity index (χ2n) is 3.58. The number of hydrogen-bond acceptors (Lipinski definition) is 9. The monoisotopic (exact) mass is 283 g/mol. The predicted molar refractivity (Wildman–Crippen MR) is 68.8 cm³/mol. The SMILES string of the molecule is CCOC(=O)c1c(N)nsc1NCc1nc(C)no1. The van der Waals surface area contributed by atoms with E-state index >= 15 is 0 Å². The molecular formula is C10H13N5O3S. The third kappa shape index (κ3) is 2.99. The van der Waals surface area contributed by atoms with Gasteiger partial charge in [-0.05, 0) is 25.4 Å². The molecule has 0 aliphatic heterocycles. The summed E-state index contributed by atoms with van der Waals surface area (Å²) >= 11 is 1.08. The van der Waals surface area contributed by atoms with Crippen molar-refractivity contribution in [1.82, 2.24) is 14.5 Å². The normalized spacial score (nSPS) is 10.4. The molecule has 2 heterocycles. The number of aryl methyl sites for hydroxylation is 1. The van der Waals surface area contributed by atoms with Crippen LogP contribution in [0.15, 0.2) is 4.52 Å². The highest BCUT2D eigenvalue weighted by Gasteiger charge is 2.20. The van der Waals surface area contributed by atoms with Crippen molar-refractivity contribution in [2.24, 2.45) is 0 Å². The Hall–Kier alpha value is -2.16. The summed E-state index contributed by atoms with van der Waals surface area (Å²) in [6, 6.07) is 0. The van der Waals surface area contributed by atoms with E-state index in [1.54, 1.807) is 13.8 Å². The first-order valence-corrected chi connectivity index (χ1v) is 6.34. The van der Waals surface area contributed by atoms with Gasteiger partial charge in [0.15, 0.2) is 11.6 Å². The van der Waals surface area contributed by atoms with Gasteiger partial charge in [0.25, 0.3) is 0 Å². The van der Waals surface area contributed by atoms with E-state index in [4.69, 9.17) is 15.0 Å². The molecule has 0 aliphatic rings.